The highest BCUT2D eigenvalue weighted by Crippen LogP contribution is 2.19. The fourth-order valence-electron chi connectivity index (χ4n) is 2.77. The van der Waals surface area contributed by atoms with E-state index in [9.17, 15) is 9.18 Å². The van der Waals surface area contributed by atoms with Crippen LogP contribution in [0.3, 0.4) is 0 Å². The number of carbonyl (C=O) groups excluding carboxylic acids is 1. The molecule has 6 heteroatoms. The summed E-state index contributed by atoms with van der Waals surface area (Å²) in [5.41, 5.74) is 2.18. The van der Waals surface area contributed by atoms with Crippen LogP contribution >= 0.6 is 0 Å². The molecule has 0 spiro atoms. The quantitative estimate of drug-likeness (QED) is 0.565. The van der Waals surface area contributed by atoms with Gasteiger partial charge in [0.25, 0.3) is 5.91 Å². The standard InChI is InChI=1S/C22H17FN4O/c23-19-13-11-18(12-14-19)21(28)27-22(24-15-16-7-3-1-4-8-16)25-20(26-27)17-9-5-2-6-10-17/h1-14H,15H2,(H,24,25,26). The summed E-state index contributed by atoms with van der Waals surface area (Å²) in [7, 11) is 0. The molecule has 0 atom stereocenters. The molecule has 0 radical (unpaired) electrons. The van der Waals surface area contributed by atoms with E-state index in [-0.39, 0.29) is 5.91 Å². The maximum Gasteiger partial charge on any atom is 0.281 e. The van der Waals surface area contributed by atoms with Crippen LogP contribution in [0.25, 0.3) is 11.4 Å². The minimum Gasteiger partial charge on any atom is -0.350 e. The summed E-state index contributed by atoms with van der Waals surface area (Å²) in [6, 6.07) is 24.6. The molecule has 1 N–H and O–H groups in total. The molecule has 4 rings (SSSR count). The van der Waals surface area contributed by atoms with Gasteiger partial charge in [-0.2, -0.15) is 9.67 Å². The first-order chi connectivity index (χ1) is 13.7. The molecule has 0 aliphatic rings. The molecular weight excluding hydrogens is 355 g/mol. The topological polar surface area (TPSA) is 59.8 Å². The number of rotatable bonds is 5. The van der Waals surface area contributed by atoms with E-state index in [4.69, 9.17) is 0 Å². The van der Waals surface area contributed by atoms with Gasteiger partial charge in [0.05, 0.1) is 0 Å². The van der Waals surface area contributed by atoms with Crippen molar-refractivity contribution in [3.63, 3.8) is 0 Å². The molecule has 0 aliphatic carbocycles. The highest BCUT2D eigenvalue weighted by molar-refractivity contribution is 5.97. The Morgan fingerprint density at radius 2 is 1.54 bits per heavy atom. The SMILES string of the molecule is O=C(c1ccc(F)cc1)n1nc(-c2ccccc2)nc1NCc1ccccc1. The number of carbonyl (C=O) groups is 1. The van der Waals surface area contributed by atoms with Gasteiger partial charge in [0.2, 0.25) is 5.95 Å². The lowest BCUT2D eigenvalue weighted by Gasteiger charge is -2.07. The average Bonchev–Trinajstić information content (AvgIpc) is 3.18. The molecule has 5 nitrogen and oxygen atoms in total. The molecule has 138 valence electrons. The summed E-state index contributed by atoms with van der Waals surface area (Å²) >= 11 is 0. The van der Waals surface area contributed by atoms with E-state index in [0.29, 0.717) is 23.9 Å². The second-order valence-corrected chi connectivity index (χ2v) is 6.19. The largest absolute Gasteiger partial charge is 0.350 e. The Bertz CT molecular complexity index is 1080. The van der Waals surface area contributed by atoms with E-state index in [1.807, 2.05) is 60.7 Å². The molecular formula is C22H17FN4O. The van der Waals surface area contributed by atoms with Gasteiger partial charge in [0.1, 0.15) is 5.82 Å². The van der Waals surface area contributed by atoms with Crippen molar-refractivity contribution in [2.24, 2.45) is 0 Å². The van der Waals surface area contributed by atoms with Crippen LogP contribution in [0.5, 0.6) is 0 Å². The normalized spacial score (nSPS) is 10.6. The molecule has 0 bridgehead atoms. The van der Waals surface area contributed by atoms with Gasteiger partial charge in [-0.25, -0.2) is 4.39 Å². The zero-order valence-electron chi connectivity index (χ0n) is 14.9. The molecule has 1 aromatic heterocycles. The summed E-state index contributed by atoms with van der Waals surface area (Å²) in [4.78, 5) is 17.4. The Labute approximate surface area is 161 Å². The Balaban J connectivity index is 1.69. The van der Waals surface area contributed by atoms with Gasteiger partial charge in [-0.3, -0.25) is 4.79 Å². The number of benzene rings is 3. The minimum atomic E-state index is -0.400. The summed E-state index contributed by atoms with van der Waals surface area (Å²) in [6.45, 7) is 0.491. The van der Waals surface area contributed by atoms with Crippen LogP contribution in [0.1, 0.15) is 15.9 Å². The molecule has 4 aromatic rings. The number of halogens is 1. The summed E-state index contributed by atoms with van der Waals surface area (Å²) in [5, 5.41) is 7.57. The van der Waals surface area contributed by atoms with Crippen molar-refractivity contribution in [2.45, 2.75) is 6.54 Å². The van der Waals surface area contributed by atoms with Crippen molar-refractivity contribution in [1.82, 2.24) is 14.8 Å². The molecule has 3 aromatic carbocycles. The van der Waals surface area contributed by atoms with Crippen LogP contribution in [0, 0.1) is 5.82 Å². The highest BCUT2D eigenvalue weighted by Gasteiger charge is 2.18. The maximum atomic E-state index is 13.2. The first kappa shape index (κ1) is 17.6. The lowest BCUT2D eigenvalue weighted by Crippen LogP contribution is -2.17. The molecule has 1 heterocycles. The van der Waals surface area contributed by atoms with Gasteiger partial charge in [0, 0.05) is 17.7 Å². The van der Waals surface area contributed by atoms with Crippen LogP contribution in [-0.2, 0) is 6.54 Å². The molecule has 0 saturated heterocycles. The predicted octanol–water partition coefficient (Wildman–Crippen LogP) is 4.38. The van der Waals surface area contributed by atoms with Gasteiger partial charge in [0.15, 0.2) is 5.82 Å². The maximum absolute atomic E-state index is 13.2. The zero-order chi connectivity index (χ0) is 19.3. The molecule has 0 aliphatic heterocycles. The van der Waals surface area contributed by atoms with Crippen molar-refractivity contribution in [2.75, 3.05) is 5.32 Å². The number of aromatic nitrogens is 3. The number of nitrogens with one attached hydrogen (secondary N) is 1. The number of nitrogens with zero attached hydrogens (tertiary/aromatic N) is 3. The van der Waals surface area contributed by atoms with Crippen LogP contribution < -0.4 is 5.32 Å². The van der Waals surface area contributed by atoms with E-state index in [0.717, 1.165) is 11.1 Å². The Morgan fingerprint density at radius 3 is 2.21 bits per heavy atom. The molecule has 0 fully saturated rings. The van der Waals surface area contributed by atoms with Crippen molar-refractivity contribution in [3.8, 4) is 11.4 Å². The number of anilines is 1. The lowest BCUT2D eigenvalue weighted by atomic mass is 10.2. The Kier molecular flexibility index (Phi) is 4.93. The van der Waals surface area contributed by atoms with Gasteiger partial charge in [-0.1, -0.05) is 60.7 Å². The van der Waals surface area contributed by atoms with E-state index in [1.165, 1.54) is 28.9 Å². The van der Waals surface area contributed by atoms with E-state index < -0.39 is 5.82 Å². The van der Waals surface area contributed by atoms with Crippen molar-refractivity contribution in [3.05, 3.63) is 102 Å². The molecule has 0 saturated carbocycles. The summed E-state index contributed by atoms with van der Waals surface area (Å²) in [5.74, 6) is -0.0172. The number of hydrogen-bond acceptors (Lipinski definition) is 4. The van der Waals surface area contributed by atoms with Gasteiger partial charge >= 0.3 is 0 Å². The molecule has 0 amide bonds. The van der Waals surface area contributed by atoms with Crippen molar-refractivity contribution < 1.29 is 9.18 Å². The fraction of sp³-hybridized carbons (Fsp3) is 0.0455. The number of hydrogen-bond donors (Lipinski definition) is 1. The third-order valence-electron chi connectivity index (χ3n) is 4.22. The summed E-state index contributed by atoms with van der Waals surface area (Å²) in [6.07, 6.45) is 0. The van der Waals surface area contributed by atoms with E-state index >= 15 is 0 Å². The molecule has 0 unspecified atom stereocenters. The van der Waals surface area contributed by atoms with Crippen LogP contribution in [-0.4, -0.2) is 20.7 Å². The highest BCUT2D eigenvalue weighted by atomic mass is 19.1. The summed E-state index contributed by atoms with van der Waals surface area (Å²) < 4.78 is 14.4. The monoisotopic (exact) mass is 372 g/mol. The molecule has 28 heavy (non-hydrogen) atoms. The third-order valence-corrected chi connectivity index (χ3v) is 4.22. The van der Waals surface area contributed by atoms with Crippen LogP contribution in [0.2, 0.25) is 0 Å². The third kappa shape index (κ3) is 3.81. The second-order valence-electron chi connectivity index (χ2n) is 6.19. The van der Waals surface area contributed by atoms with Crippen molar-refractivity contribution in [1.29, 1.82) is 0 Å². The van der Waals surface area contributed by atoms with E-state index in [1.54, 1.807) is 0 Å². The van der Waals surface area contributed by atoms with Crippen molar-refractivity contribution >= 4 is 11.9 Å². The lowest BCUT2D eigenvalue weighted by molar-refractivity contribution is 0.0947. The smallest absolute Gasteiger partial charge is 0.281 e. The van der Waals surface area contributed by atoms with Gasteiger partial charge < -0.3 is 5.32 Å². The van der Waals surface area contributed by atoms with Crippen LogP contribution in [0.15, 0.2) is 84.9 Å². The average molecular weight is 372 g/mol. The second kappa shape index (κ2) is 7.84. The Morgan fingerprint density at radius 1 is 0.893 bits per heavy atom. The Hall–Kier alpha value is -3.80. The minimum absolute atomic E-state index is 0.327. The first-order valence-corrected chi connectivity index (χ1v) is 8.81. The predicted molar refractivity (Wildman–Crippen MR) is 105 cm³/mol. The van der Waals surface area contributed by atoms with Gasteiger partial charge in [-0.05, 0) is 29.8 Å². The van der Waals surface area contributed by atoms with E-state index in [2.05, 4.69) is 15.4 Å². The first-order valence-electron chi connectivity index (χ1n) is 8.81. The zero-order valence-corrected chi connectivity index (χ0v) is 14.9. The van der Waals surface area contributed by atoms with Crippen LogP contribution in [0.4, 0.5) is 10.3 Å². The fourth-order valence-corrected chi connectivity index (χ4v) is 2.77. The van der Waals surface area contributed by atoms with Gasteiger partial charge in [-0.15, -0.1) is 5.10 Å².